The molecule has 0 heterocycles. The Morgan fingerprint density at radius 2 is 2.21 bits per heavy atom. The molecule has 1 aromatic rings. The highest BCUT2D eigenvalue weighted by Crippen LogP contribution is 2.37. The number of aryl methyl sites for hydroxylation is 1. The van der Waals surface area contributed by atoms with Crippen LogP contribution < -0.4 is 5.32 Å². The molecule has 2 rings (SSSR count). The average Bonchev–Trinajstić information content (AvgIpc) is 2.80. The normalized spacial score (nSPS) is 24.8. The Bertz CT molecular complexity index is 335. The SMILES string of the molecule is Cc1cc(F)ccc1NCC1CC1C. The van der Waals surface area contributed by atoms with Gasteiger partial charge in [-0.25, -0.2) is 4.39 Å². The summed E-state index contributed by atoms with van der Waals surface area (Å²) in [5, 5.41) is 3.37. The molecular formula is C12H16FN. The van der Waals surface area contributed by atoms with E-state index < -0.39 is 0 Å². The Hall–Kier alpha value is -1.05. The van der Waals surface area contributed by atoms with Gasteiger partial charge in [0.15, 0.2) is 0 Å². The minimum Gasteiger partial charge on any atom is -0.385 e. The molecule has 0 saturated heterocycles. The standard InChI is InChI=1S/C12H16FN/c1-8-5-10(8)7-14-12-4-3-11(13)6-9(12)2/h3-4,6,8,10,14H,5,7H2,1-2H3. The molecule has 1 nitrogen and oxygen atoms in total. The highest BCUT2D eigenvalue weighted by atomic mass is 19.1. The Labute approximate surface area is 84.3 Å². The van der Waals surface area contributed by atoms with Crippen LogP contribution in [0.2, 0.25) is 0 Å². The first kappa shape index (κ1) is 9.50. The van der Waals surface area contributed by atoms with Crippen LogP contribution in [0.1, 0.15) is 18.9 Å². The molecule has 0 aromatic heterocycles. The van der Waals surface area contributed by atoms with Crippen molar-refractivity contribution in [1.29, 1.82) is 0 Å². The van der Waals surface area contributed by atoms with Crippen molar-refractivity contribution < 1.29 is 4.39 Å². The second kappa shape index (κ2) is 3.60. The van der Waals surface area contributed by atoms with Gasteiger partial charge in [-0.2, -0.15) is 0 Å². The summed E-state index contributed by atoms with van der Waals surface area (Å²) in [6.07, 6.45) is 1.33. The van der Waals surface area contributed by atoms with Gasteiger partial charge in [-0.15, -0.1) is 0 Å². The lowest BCUT2D eigenvalue weighted by molar-refractivity contribution is 0.626. The van der Waals surface area contributed by atoms with Crippen molar-refractivity contribution in [2.45, 2.75) is 20.3 Å². The van der Waals surface area contributed by atoms with E-state index in [0.717, 1.165) is 29.6 Å². The fraction of sp³-hybridized carbons (Fsp3) is 0.500. The maximum absolute atomic E-state index is 12.8. The molecule has 14 heavy (non-hydrogen) atoms. The predicted octanol–water partition coefficient (Wildman–Crippen LogP) is 3.20. The Morgan fingerprint density at radius 3 is 2.79 bits per heavy atom. The summed E-state index contributed by atoms with van der Waals surface area (Å²) in [6, 6.07) is 4.89. The van der Waals surface area contributed by atoms with Crippen molar-refractivity contribution in [1.82, 2.24) is 0 Å². The van der Waals surface area contributed by atoms with Gasteiger partial charge in [0.1, 0.15) is 5.82 Å². The first-order valence-electron chi connectivity index (χ1n) is 5.17. The Kier molecular flexibility index (Phi) is 2.44. The van der Waals surface area contributed by atoms with E-state index in [2.05, 4.69) is 12.2 Å². The van der Waals surface area contributed by atoms with Crippen molar-refractivity contribution in [2.24, 2.45) is 11.8 Å². The summed E-state index contributed by atoms with van der Waals surface area (Å²) in [5.41, 5.74) is 2.05. The van der Waals surface area contributed by atoms with Crippen molar-refractivity contribution in [3.63, 3.8) is 0 Å². The number of rotatable bonds is 3. The number of benzene rings is 1. The summed E-state index contributed by atoms with van der Waals surface area (Å²) in [5.74, 6) is 1.52. The molecule has 1 aliphatic rings. The van der Waals surface area contributed by atoms with Crippen molar-refractivity contribution in [3.05, 3.63) is 29.6 Å². The summed E-state index contributed by atoms with van der Waals surface area (Å²) >= 11 is 0. The third kappa shape index (κ3) is 2.06. The van der Waals surface area contributed by atoms with Gasteiger partial charge in [-0.1, -0.05) is 6.92 Å². The van der Waals surface area contributed by atoms with Crippen LogP contribution in [-0.2, 0) is 0 Å². The molecule has 2 unspecified atom stereocenters. The van der Waals surface area contributed by atoms with Crippen LogP contribution in [0.4, 0.5) is 10.1 Å². The number of halogens is 1. The quantitative estimate of drug-likeness (QED) is 0.777. The number of hydrogen-bond acceptors (Lipinski definition) is 1. The largest absolute Gasteiger partial charge is 0.385 e. The minimum atomic E-state index is -0.159. The van der Waals surface area contributed by atoms with Crippen LogP contribution in [0.15, 0.2) is 18.2 Å². The van der Waals surface area contributed by atoms with E-state index in [4.69, 9.17) is 0 Å². The highest BCUT2D eigenvalue weighted by Gasteiger charge is 2.31. The lowest BCUT2D eigenvalue weighted by atomic mass is 10.2. The van der Waals surface area contributed by atoms with Crippen LogP contribution in [0.5, 0.6) is 0 Å². The topological polar surface area (TPSA) is 12.0 Å². The van der Waals surface area contributed by atoms with Crippen LogP contribution in [-0.4, -0.2) is 6.54 Å². The fourth-order valence-corrected chi connectivity index (χ4v) is 1.75. The van der Waals surface area contributed by atoms with E-state index in [-0.39, 0.29) is 5.82 Å². The smallest absolute Gasteiger partial charge is 0.123 e. The van der Waals surface area contributed by atoms with Crippen molar-refractivity contribution in [2.75, 3.05) is 11.9 Å². The van der Waals surface area contributed by atoms with Gasteiger partial charge in [0, 0.05) is 12.2 Å². The lowest BCUT2D eigenvalue weighted by Crippen LogP contribution is -2.05. The Balaban J connectivity index is 1.95. The zero-order valence-corrected chi connectivity index (χ0v) is 8.68. The summed E-state index contributed by atoms with van der Waals surface area (Å²) in [7, 11) is 0. The van der Waals surface area contributed by atoms with Gasteiger partial charge in [-0.05, 0) is 48.9 Å². The maximum atomic E-state index is 12.8. The monoisotopic (exact) mass is 193 g/mol. The summed E-state index contributed by atoms with van der Waals surface area (Å²) in [6.45, 7) is 5.22. The molecule has 0 spiro atoms. The molecular weight excluding hydrogens is 177 g/mol. The molecule has 0 amide bonds. The Morgan fingerprint density at radius 1 is 1.50 bits per heavy atom. The lowest BCUT2D eigenvalue weighted by Gasteiger charge is -2.08. The number of nitrogens with one attached hydrogen (secondary N) is 1. The zero-order chi connectivity index (χ0) is 10.1. The maximum Gasteiger partial charge on any atom is 0.123 e. The van der Waals surface area contributed by atoms with E-state index in [1.165, 1.54) is 12.5 Å². The van der Waals surface area contributed by atoms with E-state index in [0.29, 0.717) is 0 Å². The van der Waals surface area contributed by atoms with Crippen LogP contribution in [0.3, 0.4) is 0 Å². The van der Waals surface area contributed by atoms with Crippen LogP contribution in [0.25, 0.3) is 0 Å². The predicted molar refractivity (Wildman–Crippen MR) is 56.9 cm³/mol. The third-order valence-electron chi connectivity index (χ3n) is 3.02. The zero-order valence-electron chi connectivity index (χ0n) is 8.68. The molecule has 0 aliphatic heterocycles. The number of hydrogen-bond donors (Lipinski definition) is 1. The highest BCUT2D eigenvalue weighted by molar-refractivity contribution is 5.50. The average molecular weight is 193 g/mol. The molecule has 0 radical (unpaired) electrons. The van der Waals surface area contributed by atoms with Gasteiger partial charge in [0.25, 0.3) is 0 Å². The first-order chi connectivity index (χ1) is 6.66. The van der Waals surface area contributed by atoms with Crippen LogP contribution >= 0.6 is 0 Å². The van der Waals surface area contributed by atoms with Gasteiger partial charge in [0.05, 0.1) is 0 Å². The molecule has 1 saturated carbocycles. The molecule has 2 atom stereocenters. The molecule has 1 aliphatic carbocycles. The molecule has 1 fully saturated rings. The van der Waals surface area contributed by atoms with Gasteiger partial charge in [0.2, 0.25) is 0 Å². The molecule has 76 valence electrons. The van der Waals surface area contributed by atoms with E-state index in [9.17, 15) is 4.39 Å². The second-order valence-corrected chi connectivity index (χ2v) is 4.31. The molecule has 1 N–H and O–H groups in total. The van der Waals surface area contributed by atoms with Crippen LogP contribution in [0, 0.1) is 24.6 Å². The van der Waals surface area contributed by atoms with E-state index in [1.807, 2.05) is 13.0 Å². The van der Waals surface area contributed by atoms with Gasteiger partial charge in [-0.3, -0.25) is 0 Å². The molecule has 2 heteroatoms. The minimum absolute atomic E-state index is 0.159. The third-order valence-corrected chi connectivity index (χ3v) is 3.02. The number of anilines is 1. The van der Waals surface area contributed by atoms with Crippen molar-refractivity contribution >= 4 is 5.69 Å². The van der Waals surface area contributed by atoms with E-state index >= 15 is 0 Å². The molecule has 0 bridgehead atoms. The van der Waals surface area contributed by atoms with Crippen molar-refractivity contribution in [3.8, 4) is 0 Å². The van der Waals surface area contributed by atoms with Gasteiger partial charge < -0.3 is 5.32 Å². The second-order valence-electron chi connectivity index (χ2n) is 4.31. The summed E-state index contributed by atoms with van der Waals surface area (Å²) in [4.78, 5) is 0. The molecule has 1 aromatic carbocycles. The fourth-order valence-electron chi connectivity index (χ4n) is 1.75. The first-order valence-corrected chi connectivity index (χ1v) is 5.17. The van der Waals surface area contributed by atoms with Gasteiger partial charge >= 0.3 is 0 Å². The summed E-state index contributed by atoms with van der Waals surface area (Å²) < 4.78 is 12.8. The van der Waals surface area contributed by atoms with E-state index in [1.54, 1.807) is 6.07 Å².